The lowest BCUT2D eigenvalue weighted by molar-refractivity contribution is 0.367. The van der Waals surface area contributed by atoms with Crippen molar-refractivity contribution in [2.45, 2.75) is 6.54 Å². The van der Waals surface area contributed by atoms with E-state index in [1.54, 1.807) is 48.5 Å². The minimum atomic E-state index is -0.579. The third-order valence-corrected chi connectivity index (χ3v) is 3.73. The van der Waals surface area contributed by atoms with Gasteiger partial charge in [-0.15, -0.1) is 5.10 Å². The minimum Gasteiger partial charge on any atom is -0.476 e. The van der Waals surface area contributed by atoms with Crippen LogP contribution in [0.2, 0.25) is 5.02 Å². The average molecular weight is 344 g/mol. The van der Waals surface area contributed by atoms with Crippen LogP contribution in [0.1, 0.15) is 5.56 Å². The van der Waals surface area contributed by atoms with E-state index < -0.39 is 11.2 Å². The Hall–Kier alpha value is -2.86. The van der Waals surface area contributed by atoms with Crippen molar-refractivity contribution >= 4 is 11.6 Å². The highest BCUT2D eigenvalue weighted by Crippen LogP contribution is 2.10. The molecule has 122 valence electrons. The molecule has 0 fully saturated rings. The fourth-order valence-corrected chi connectivity index (χ4v) is 2.40. The van der Waals surface area contributed by atoms with E-state index in [-0.39, 0.29) is 12.4 Å². The number of aromatic nitrogens is 3. The van der Waals surface area contributed by atoms with Gasteiger partial charge in [-0.25, -0.2) is 9.36 Å². The molecule has 1 heterocycles. The Morgan fingerprint density at radius 1 is 1.04 bits per heavy atom. The van der Waals surface area contributed by atoms with Gasteiger partial charge >= 0.3 is 11.2 Å². The molecular formula is C17H14ClN3O3. The molecule has 0 radical (unpaired) electrons. The van der Waals surface area contributed by atoms with Crippen LogP contribution in [-0.4, -0.2) is 21.5 Å². The second-order valence-electron chi connectivity index (χ2n) is 5.06. The van der Waals surface area contributed by atoms with E-state index in [1.807, 2.05) is 6.07 Å². The molecule has 0 aliphatic heterocycles. The minimum absolute atomic E-state index is 0.0978. The molecule has 0 saturated carbocycles. The van der Waals surface area contributed by atoms with Gasteiger partial charge < -0.3 is 4.74 Å². The van der Waals surface area contributed by atoms with E-state index in [4.69, 9.17) is 16.3 Å². The molecule has 0 aliphatic rings. The molecule has 0 unspecified atom stereocenters. The summed E-state index contributed by atoms with van der Waals surface area (Å²) < 4.78 is 7.27. The highest BCUT2D eigenvalue weighted by atomic mass is 35.5. The van der Waals surface area contributed by atoms with E-state index in [0.29, 0.717) is 10.7 Å². The summed E-state index contributed by atoms with van der Waals surface area (Å²) >= 11 is 5.87. The molecular weight excluding hydrogens is 330 g/mol. The topological polar surface area (TPSA) is 66.1 Å². The summed E-state index contributed by atoms with van der Waals surface area (Å²) in [5.74, 6) is -0.146. The number of ether oxygens (including phenoxy) is 1. The number of para-hydroxylation sites is 1. The lowest BCUT2D eigenvalue weighted by atomic mass is 10.2. The molecule has 0 atom stereocenters. The maximum atomic E-state index is 12.7. The van der Waals surface area contributed by atoms with E-state index in [2.05, 4.69) is 5.10 Å². The van der Waals surface area contributed by atoms with Gasteiger partial charge in [0, 0.05) is 5.02 Å². The molecule has 2 aromatic carbocycles. The number of halogens is 1. The van der Waals surface area contributed by atoms with Gasteiger partial charge in [-0.1, -0.05) is 41.9 Å². The van der Waals surface area contributed by atoms with Crippen molar-refractivity contribution in [1.29, 1.82) is 0 Å². The van der Waals surface area contributed by atoms with Crippen molar-refractivity contribution < 1.29 is 4.74 Å². The van der Waals surface area contributed by atoms with Crippen LogP contribution in [0.4, 0.5) is 0 Å². The van der Waals surface area contributed by atoms with Crippen LogP contribution >= 0.6 is 11.6 Å². The number of hydrogen-bond acceptors (Lipinski definition) is 4. The van der Waals surface area contributed by atoms with Gasteiger partial charge in [0.1, 0.15) is 0 Å². The molecule has 3 rings (SSSR count). The van der Waals surface area contributed by atoms with Crippen molar-refractivity contribution in [3.05, 3.63) is 86.0 Å². The zero-order valence-electron chi connectivity index (χ0n) is 12.8. The van der Waals surface area contributed by atoms with Gasteiger partial charge in [-0.3, -0.25) is 4.79 Å². The Balaban J connectivity index is 2.16. The first-order valence-corrected chi connectivity index (χ1v) is 7.56. The summed E-state index contributed by atoms with van der Waals surface area (Å²) in [6.45, 7) is 0.0978. The molecule has 24 heavy (non-hydrogen) atoms. The summed E-state index contributed by atoms with van der Waals surface area (Å²) in [7, 11) is 1.34. The maximum Gasteiger partial charge on any atom is 0.352 e. The van der Waals surface area contributed by atoms with Crippen LogP contribution in [-0.2, 0) is 6.54 Å². The van der Waals surface area contributed by atoms with Crippen molar-refractivity contribution in [1.82, 2.24) is 14.3 Å². The first-order chi connectivity index (χ1) is 11.6. The first kappa shape index (κ1) is 16.0. The van der Waals surface area contributed by atoms with Gasteiger partial charge in [0.15, 0.2) is 0 Å². The van der Waals surface area contributed by atoms with Crippen molar-refractivity contribution in [2.24, 2.45) is 0 Å². The molecule has 0 amide bonds. The van der Waals surface area contributed by atoms with Crippen LogP contribution < -0.4 is 16.0 Å². The number of benzene rings is 2. The largest absolute Gasteiger partial charge is 0.476 e. The van der Waals surface area contributed by atoms with Crippen LogP contribution in [0.25, 0.3) is 5.69 Å². The third kappa shape index (κ3) is 3.09. The molecule has 0 bridgehead atoms. The Kier molecular flexibility index (Phi) is 4.48. The molecule has 3 aromatic rings. The fourth-order valence-electron chi connectivity index (χ4n) is 2.27. The highest BCUT2D eigenvalue weighted by molar-refractivity contribution is 6.30. The summed E-state index contributed by atoms with van der Waals surface area (Å²) in [5.41, 5.74) is 0.198. The Bertz CT molecular complexity index is 963. The smallest absolute Gasteiger partial charge is 0.352 e. The molecule has 6 nitrogen and oxygen atoms in total. The quantitative estimate of drug-likeness (QED) is 0.727. The Morgan fingerprint density at radius 3 is 2.33 bits per heavy atom. The normalized spacial score (nSPS) is 10.6. The first-order valence-electron chi connectivity index (χ1n) is 7.18. The number of nitrogens with zero attached hydrogens (tertiary/aromatic N) is 3. The monoisotopic (exact) mass is 343 g/mol. The van der Waals surface area contributed by atoms with Crippen LogP contribution in [0, 0.1) is 0 Å². The zero-order valence-corrected chi connectivity index (χ0v) is 13.6. The van der Waals surface area contributed by atoms with E-state index in [1.165, 1.54) is 7.11 Å². The van der Waals surface area contributed by atoms with Gasteiger partial charge in [0.25, 0.3) is 5.88 Å². The van der Waals surface area contributed by atoms with Gasteiger partial charge in [-0.05, 0) is 29.8 Å². The van der Waals surface area contributed by atoms with Crippen molar-refractivity contribution in [2.75, 3.05) is 7.11 Å². The highest BCUT2D eigenvalue weighted by Gasteiger charge is 2.15. The summed E-state index contributed by atoms with van der Waals surface area (Å²) in [4.78, 5) is 25.1. The number of methoxy groups -OCH3 is 1. The van der Waals surface area contributed by atoms with Gasteiger partial charge in [0.2, 0.25) is 0 Å². The van der Waals surface area contributed by atoms with Gasteiger partial charge in [0.05, 0.1) is 19.3 Å². The lowest BCUT2D eigenvalue weighted by Gasteiger charge is -2.11. The second kappa shape index (κ2) is 6.72. The molecule has 7 heteroatoms. The third-order valence-electron chi connectivity index (χ3n) is 3.48. The van der Waals surface area contributed by atoms with Crippen LogP contribution in [0.5, 0.6) is 5.88 Å². The van der Waals surface area contributed by atoms with Crippen LogP contribution in [0.3, 0.4) is 0 Å². The predicted molar refractivity (Wildman–Crippen MR) is 91.2 cm³/mol. The standard InChI is InChI=1S/C17H14ClN3O3/c1-24-15-16(22)20(11-12-7-9-13(18)10-8-12)17(23)21(19-15)14-5-3-2-4-6-14/h2-10H,11H2,1H3. The zero-order chi connectivity index (χ0) is 17.1. The average Bonchev–Trinajstić information content (AvgIpc) is 2.61. The number of rotatable bonds is 4. The lowest BCUT2D eigenvalue weighted by Crippen LogP contribution is -2.41. The van der Waals surface area contributed by atoms with E-state index in [0.717, 1.165) is 14.8 Å². The summed E-state index contributed by atoms with van der Waals surface area (Å²) in [6.07, 6.45) is 0. The Morgan fingerprint density at radius 2 is 1.71 bits per heavy atom. The second-order valence-corrected chi connectivity index (χ2v) is 5.49. The van der Waals surface area contributed by atoms with Crippen molar-refractivity contribution in [3.63, 3.8) is 0 Å². The van der Waals surface area contributed by atoms with Crippen LogP contribution in [0.15, 0.2) is 64.2 Å². The van der Waals surface area contributed by atoms with E-state index >= 15 is 0 Å². The molecule has 1 aromatic heterocycles. The summed E-state index contributed by atoms with van der Waals surface area (Å²) in [6, 6.07) is 15.8. The Labute approximate surface area is 142 Å². The van der Waals surface area contributed by atoms with Gasteiger partial charge in [-0.2, -0.15) is 4.68 Å². The maximum absolute atomic E-state index is 12.7. The van der Waals surface area contributed by atoms with Crippen molar-refractivity contribution in [3.8, 4) is 11.6 Å². The number of hydrogen-bond donors (Lipinski definition) is 0. The predicted octanol–water partition coefficient (Wildman–Crippen LogP) is 2.10. The molecule has 0 N–H and O–H groups in total. The molecule has 0 aliphatic carbocycles. The SMILES string of the molecule is COc1nn(-c2ccccc2)c(=O)n(Cc2ccc(Cl)cc2)c1=O. The fraction of sp³-hybridized carbons (Fsp3) is 0.118. The van der Waals surface area contributed by atoms with E-state index in [9.17, 15) is 9.59 Å². The summed E-state index contributed by atoms with van der Waals surface area (Å²) in [5, 5.41) is 4.59. The molecule has 0 saturated heterocycles. The molecule has 0 spiro atoms.